The van der Waals surface area contributed by atoms with Crippen molar-refractivity contribution in [1.82, 2.24) is 0 Å². The SMILES string of the molecule is CC(C)c1ccc2c(c1)C(C)(C)c1c(c3ccccc3c3ccccc13)N2C. The summed E-state index contributed by atoms with van der Waals surface area (Å²) in [5.41, 5.74) is 6.89. The molecule has 0 unspecified atom stereocenters. The van der Waals surface area contributed by atoms with Crippen molar-refractivity contribution >= 4 is 32.9 Å². The van der Waals surface area contributed by atoms with Gasteiger partial charge >= 0.3 is 0 Å². The van der Waals surface area contributed by atoms with Crippen LogP contribution < -0.4 is 4.90 Å². The minimum atomic E-state index is -0.0638. The predicted octanol–water partition coefficient (Wildman–Crippen LogP) is 7.52. The van der Waals surface area contributed by atoms with E-state index in [4.69, 9.17) is 0 Å². The largest absolute Gasteiger partial charge is 0.344 e. The van der Waals surface area contributed by atoms with Gasteiger partial charge in [-0.05, 0) is 44.8 Å². The summed E-state index contributed by atoms with van der Waals surface area (Å²) in [4.78, 5) is 2.41. The van der Waals surface area contributed by atoms with Crippen molar-refractivity contribution in [3.05, 3.63) is 83.4 Å². The van der Waals surface area contributed by atoms with Crippen molar-refractivity contribution in [3.8, 4) is 0 Å². The van der Waals surface area contributed by atoms with Crippen LogP contribution in [0.5, 0.6) is 0 Å². The fourth-order valence-electron chi connectivity index (χ4n) is 5.06. The van der Waals surface area contributed by atoms with Crippen molar-refractivity contribution in [2.75, 3.05) is 11.9 Å². The summed E-state index contributed by atoms with van der Waals surface area (Å²) < 4.78 is 0. The average molecular weight is 366 g/mol. The van der Waals surface area contributed by atoms with E-state index in [1.54, 1.807) is 0 Å². The first-order chi connectivity index (χ1) is 13.4. The number of anilines is 2. The molecule has 0 saturated carbocycles. The van der Waals surface area contributed by atoms with E-state index in [0.29, 0.717) is 5.92 Å². The Kier molecular flexibility index (Phi) is 3.61. The maximum atomic E-state index is 2.43. The number of nitrogens with zero attached hydrogens (tertiary/aromatic N) is 1. The number of fused-ring (bicyclic) bond motifs is 7. The minimum absolute atomic E-state index is 0.0638. The number of rotatable bonds is 1. The van der Waals surface area contributed by atoms with Gasteiger partial charge in [0.2, 0.25) is 0 Å². The molecule has 1 heterocycles. The molecule has 0 saturated heterocycles. The molecule has 0 bridgehead atoms. The molecule has 0 N–H and O–H groups in total. The van der Waals surface area contributed by atoms with E-state index in [9.17, 15) is 0 Å². The molecule has 0 spiro atoms. The molecule has 0 aliphatic carbocycles. The third-order valence-electron chi connectivity index (χ3n) is 6.59. The molecule has 1 aliphatic rings. The lowest BCUT2D eigenvalue weighted by Crippen LogP contribution is -2.31. The number of hydrogen-bond acceptors (Lipinski definition) is 1. The fraction of sp³-hybridized carbons (Fsp3) is 0.259. The molecule has 0 radical (unpaired) electrons. The fourth-order valence-corrected chi connectivity index (χ4v) is 5.06. The Labute approximate surface area is 167 Å². The third-order valence-corrected chi connectivity index (χ3v) is 6.59. The first-order valence-corrected chi connectivity index (χ1v) is 10.2. The van der Waals surface area contributed by atoms with Crippen LogP contribution in [0.2, 0.25) is 0 Å². The first-order valence-electron chi connectivity index (χ1n) is 10.2. The van der Waals surface area contributed by atoms with Crippen LogP contribution in [0, 0.1) is 0 Å². The van der Waals surface area contributed by atoms with Gasteiger partial charge in [0.1, 0.15) is 0 Å². The lowest BCUT2D eigenvalue weighted by molar-refractivity contribution is 0.634. The summed E-state index contributed by atoms with van der Waals surface area (Å²) in [6.45, 7) is 9.34. The van der Waals surface area contributed by atoms with Gasteiger partial charge < -0.3 is 4.90 Å². The van der Waals surface area contributed by atoms with E-state index in [1.807, 2.05) is 0 Å². The van der Waals surface area contributed by atoms with Gasteiger partial charge in [0, 0.05) is 23.5 Å². The van der Waals surface area contributed by atoms with Gasteiger partial charge in [-0.3, -0.25) is 0 Å². The Balaban J connectivity index is 1.96. The smallest absolute Gasteiger partial charge is 0.0535 e. The van der Waals surface area contributed by atoms with Crippen molar-refractivity contribution in [2.24, 2.45) is 0 Å². The highest BCUT2D eigenvalue weighted by molar-refractivity contribution is 6.17. The normalized spacial score (nSPS) is 15.1. The van der Waals surface area contributed by atoms with Gasteiger partial charge in [0.15, 0.2) is 0 Å². The Hall–Kier alpha value is -2.80. The van der Waals surface area contributed by atoms with Crippen LogP contribution in [-0.2, 0) is 5.41 Å². The molecule has 140 valence electrons. The van der Waals surface area contributed by atoms with Crippen molar-refractivity contribution in [3.63, 3.8) is 0 Å². The standard InChI is InChI=1S/C27H27N/c1-17(2)18-14-15-24-23(16-18)27(3,4)25-21-12-8-6-10-19(21)20-11-7-9-13-22(20)26(25)28(24)5/h6-17H,1-5H3. The van der Waals surface area contributed by atoms with Gasteiger partial charge in [-0.2, -0.15) is 0 Å². The molecule has 5 rings (SSSR count). The zero-order chi connectivity index (χ0) is 19.6. The Bertz CT molecular complexity index is 1230. The van der Waals surface area contributed by atoms with E-state index in [2.05, 4.69) is 106 Å². The summed E-state index contributed by atoms with van der Waals surface area (Å²) in [7, 11) is 2.23. The van der Waals surface area contributed by atoms with Gasteiger partial charge in [-0.15, -0.1) is 0 Å². The highest BCUT2D eigenvalue weighted by atomic mass is 15.1. The summed E-state index contributed by atoms with van der Waals surface area (Å²) in [6, 6.07) is 24.8. The second-order valence-corrected chi connectivity index (χ2v) is 8.93. The van der Waals surface area contributed by atoms with Gasteiger partial charge in [-0.25, -0.2) is 0 Å². The number of hydrogen-bond donors (Lipinski definition) is 0. The van der Waals surface area contributed by atoms with E-state index in [0.717, 1.165) is 0 Å². The topological polar surface area (TPSA) is 3.24 Å². The third kappa shape index (κ3) is 2.19. The molecule has 1 nitrogen and oxygen atoms in total. The molecule has 4 aromatic rings. The summed E-state index contributed by atoms with van der Waals surface area (Å²) in [5.74, 6) is 0.529. The summed E-state index contributed by atoms with van der Waals surface area (Å²) in [6.07, 6.45) is 0. The van der Waals surface area contributed by atoms with Crippen LogP contribution in [0.25, 0.3) is 21.5 Å². The lowest BCUT2D eigenvalue weighted by Gasteiger charge is -2.42. The predicted molar refractivity (Wildman–Crippen MR) is 122 cm³/mol. The minimum Gasteiger partial charge on any atom is -0.344 e. The zero-order valence-electron chi connectivity index (χ0n) is 17.4. The molecule has 1 aliphatic heterocycles. The quantitative estimate of drug-likeness (QED) is 0.315. The van der Waals surface area contributed by atoms with Gasteiger partial charge in [0.05, 0.1) is 5.69 Å². The second-order valence-electron chi connectivity index (χ2n) is 8.93. The van der Waals surface area contributed by atoms with Crippen molar-refractivity contribution in [2.45, 2.75) is 39.0 Å². The Morgan fingerprint density at radius 3 is 1.96 bits per heavy atom. The van der Waals surface area contributed by atoms with E-state index in [-0.39, 0.29) is 5.41 Å². The monoisotopic (exact) mass is 365 g/mol. The molecule has 0 aromatic heterocycles. The maximum Gasteiger partial charge on any atom is 0.0535 e. The molecular formula is C27H27N. The van der Waals surface area contributed by atoms with Crippen LogP contribution in [0.4, 0.5) is 11.4 Å². The molecule has 1 heteroatoms. The van der Waals surface area contributed by atoms with E-state index < -0.39 is 0 Å². The molecule has 28 heavy (non-hydrogen) atoms. The van der Waals surface area contributed by atoms with Crippen LogP contribution in [0.1, 0.15) is 50.3 Å². The molecule has 0 amide bonds. The van der Waals surface area contributed by atoms with Gasteiger partial charge in [-0.1, -0.05) is 88.4 Å². The molecule has 4 aromatic carbocycles. The highest BCUT2D eigenvalue weighted by Gasteiger charge is 2.38. The number of benzene rings is 4. The van der Waals surface area contributed by atoms with Gasteiger partial charge in [0.25, 0.3) is 0 Å². The zero-order valence-corrected chi connectivity index (χ0v) is 17.4. The first kappa shape index (κ1) is 17.3. The van der Waals surface area contributed by atoms with Crippen LogP contribution in [0.3, 0.4) is 0 Å². The molecule has 0 atom stereocenters. The Morgan fingerprint density at radius 2 is 1.32 bits per heavy atom. The van der Waals surface area contributed by atoms with Crippen LogP contribution in [-0.4, -0.2) is 7.05 Å². The van der Waals surface area contributed by atoms with Crippen LogP contribution in [0.15, 0.2) is 66.7 Å². The second kappa shape index (κ2) is 5.85. The summed E-state index contributed by atoms with van der Waals surface area (Å²) >= 11 is 0. The molecular weight excluding hydrogens is 338 g/mol. The lowest BCUT2D eigenvalue weighted by atomic mass is 9.70. The Morgan fingerprint density at radius 1 is 0.750 bits per heavy atom. The van der Waals surface area contributed by atoms with Crippen molar-refractivity contribution < 1.29 is 0 Å². The highest BCUT2D eigenvalue weighted by Crippen LogP contribution is 2.54. The van der Waals surface area contributed by atoms with Crippen molar-refractivity contribution in [1.29, 1.82) is 0 Å². The maximum absolute atomic E-state index is 2.43. The summed E-state index contributed by atoms with van der Waals surface area (Å²) in [5, 5.41) is 5.39. The van der Waals surface area contributed by atoms with E-state index in [1.165, 1.54) is 49.6 Å². The van der Waals surface area contributed by atoms with E-state index >= 15 is 0 Å². The molecule has 0 fully saturated rings. The van der Waals surface area contributed by atoms with Crippen LogP contribution >= 0.6 is 0 Å². The average Bonchev–Trinajstić information content (AvgIpc) is 2.71.